The number of rotatable bonds is 3. The van der Waals surface area contributed by atoms with Gasteiger partial charge in [-0.25, -0.2) is 0 Å². The average molecular weight is 283 g/mol. The summed E-state index contributed by atoms with van der Waals surface area (Å²) in [5.74, 6) is -0.932. The highest BCUT2D eigenvalue weighted by molar-refractivity contribution is 5.88. The summed E-state index contributed by atoms with van der Waals surface area (Å²) in [6.45, 7) is 1.71. The topological polar surface area (TPSA) is 53.3 Å². The fourth-order valence-corrected chi connectivity index (χ4v) is 1.83. The molecule has 0 spiro atoms. The number of hydrogen-bond acceptors (Lipinski definition) is 3. The van der Waals surface area contributed by atoms with Crippen LogP contribution in [-0.2, 0) is 12.6 Å². The number of carboxylic acid groups (broad SMARTS) is 1. The van der Waals surface area contributed by atoms with Crippen LogP contribution < -0.4 is 5.11 Å². The molecule has 0 amide bonds. The maximum atomic E-state index is 12.4. The van der Waals surface area contributed by atoms with E-state index in [1.165, 1.54) is 18.2 Å². The number of carbonyl (C=O) groups is 1. The Bertz CT molecular complexity index is 624. The van der Waals surface area contributed by atoms with Gasteiger partial charge >= 0.3 is 6.18 Å². The van der Waals surface area contributed by atoms with Crippen LogP contribution >= 0.6 is 0 Å². The maximum absolute atomic E-state index is 12.4. The van der Waals surface area contributed by atoms with Crippen molar-refractivity contribution in [2.24, 2.45) is 0 Å². The summed E-state index contributed by atoms with van der Waals surface area (Å²) in [6, 6.07) is 5.57. The Kier molecular flexibility index (Phi) is 3.57. The lowest BCUT2D eigenvalue weighted by atomic mass is 10.1. The van der Waals surface area contributed by atoms with Crippen LogP contribution in [0.15, 0.2) is 34.7 Å². The third kappa shape index (κ3) is 2.68. The van der Waals surface area contributed by atoms with E-state index in [0.717, 1.165) is 12.1 Å². The molecule has 2 rings (SSSR count). The summed E-state index contributed by atoms with van der Waals surface area (Å²) < 4.78 is 42.7. The van der Waals surface area contributed by atoms with Crippen LogP contribution in [0, 0.1) is 0 Å². The number of furan rings is 1. The number of carbonyl (C=O) groups excluding carboxylic acids is 1. The first kappa shape index (κ1) is 14.2. The lowest BCUT2D eigenvalue weighted by molar-refractivity contribution is -0.255. The Hall–Kier alpha value is -2.24. The van der Waals surface area contributed by atoms with E-state index < -0.39 is 17.7 Å². The number of hydrogen-bond donors (Lipinski definition) is 0. The predicted molar refractivity (Wildman–Crippen MR) is 62.9 cm³/mol. The van der Waals surface area contributed by atoms with Gasteiger partial charge in [0.25, 0.3) is 0 Å². The van der Waals surface area contributed by atoms with Gasteiger partial charge in [-0.05, 0) is 18.2 Å². The van der Waals surface area contributed by atoms with Crippen LogP contribution in [0.2, 0.25) is 0 Å². The maximum Gasteiger partial charge on any atom is 0.416 e. The molecule has 0 bridgehead atoms. The Morgan fingerprint density at radius 2 is 1.85 bits per heavy atom. The minimum atomic E-state index is -4.41. The summed E-state index contributed by atoms with van der Waals surface area (Å²) in [5.41, 5.74) is -0.480. The molecule has 0 aliphatic heterocycles. The molecule has 106 valence electrons. The second kappa shape index (κ2) is 5.03. The largest absolute Gasteiger partial charge is 0.545 e. The molecule has 0 N–H and O–H groups in total. The lowest BCUT2D eigenvalue weighted by Gasteiger charge is -2.06. The summed E-state index contributed by atoms with van der Waals surface area (Å²) in [7, 11) is 0. The molecule has 1 heterocycles. The van der Waals surface area contributed by atoms with Crippen LogP contribution in [0.5, 0.6) is 0 Å². The zero-order valence-electron chi connectivity index (χ0n) is 10.5. The third-order valence-corrected chi connectivity index (χ3v) is 2.85. The zero-order valence-corrected chi connectivity index (χ0v) is 10.5. The first-order chi connectivity index (χ1) is 9.32. The molecule has 0 atom stereocenters. The molecule has 1 aromatic heterocycles. The van der Waals surface area contributed by atoms with Gasteiger partial charge in [-0.2, -0.15) is 13.2 Å². The van der Waals surface area contributed by atoms with E-state index in [4.69, 9.17) is 4.42 Å². The molecule has 0 saturated heterocycles. The first-order valence-electron chi connectivity index (χ1n) is 5.84. The normalized spacial score (nSPS) is 11.6. The van der Waals surface area contributed by atoms with Gasteiger partial charge in [-0.1, -0.05) is 19.1 Å². The van der Waals surface area contributed by atoms with Crippen molar-refractivity contribution in [1.82, 2.24) is 0 Å². The molecule has 0 unspecified atom stereocenters. The zero-order chi connectivity index (χ0) is 14.9. The van der Waals surface area contributed by atoms with E-state index >= 15 is 0 Å². The van der Waals surface area contributed by atoms with Crippen LogP contribution in [-0.4, -0.2) is 5.97 Å². The van der Waals surface area contributed by atoms with Gasteiger partial charge < -0.3 is 14.3 Å². The Morgan fingerprint density at radius 3 is 2.25 bits per heavy atom. The minimum absolute atomic E-state index is 0.0811. The number of benzene rings is 1. The first-order valence-corrected chi connectivity index (χ1v) is 5.84. The summed E-state index contributed by atoms with van der Waals surface area (Å²) in [4.78, 5) is 10.9. The van der Waals surface area contributed by atoms with E-state index in [1.807, 2.05) is 0 Å². The van der Waals surface area contributed by atoms with Gasteiger partial charge in [0.2, 0.25) is 0 Å². The van der Waals surface area contributed by atoms with Gasteiger partial charge in [-0.3, -0.25) is 0 Å². The van der Waals surface area contributed by atoms with E-state index in [9.17, 15) is 23.1 Å². The van der Waals surface area contributed by atoms with Crippen molar-refractivity contribution in [2.45, 2.75) is 19.5 Å². The SMILES string of the molecule is CCc1oc(-c2ccc(C(F)(F)F)cc2)cc1C(=O)[O-]. The van der Waals surface area contributed by atoms with E-state index in [-0.39, 0.29) is 17.1 Å². The summed E-state index contributed by atoms with van der Waals surface area (Å²) in [6.07, 6.45) is -4.06. The molecule has 1 aromatic carbocycles. The molecule has 0 radical (unpaired) electrons. The molecule has 0 fully saturated rings. The highest BCUT2D eigenvalue weighted by Crippen LogP contribution is 2.32. The average Bonchev–Trinajstić information content (AvgIpc) is 2.82. The lowest BCUT2D eigenvalue weighted by Crippen LogP contribution is -2.22. The van der Waals surface area contributed by atoms with Crippen molar-refractivity contribution in [3.05, 3.63) is 47.2 Å². The van der Waals surface area contributed by atoms with Gasteiger partial charge in [0, 0.05) is 17.5 Å². The molecule has 0 aliphatic carbocycles. The number of aryl methyl sites for hydroxylation is 1. The van der Waals surface area contributed by atoms with Crippen LogP contribution in [0.1, 0.15) is 28.6 Å². The number of alkyl halides is 3. The molecule has 0 saturated carbocycles. The standard InChI is InChI=1S/C14H11F3O3/c1-2-11-10(13(18)19)7-12(20-11)8-3-5-9(6-4-8)14(15,16)17/h3-7H,2H2,1H3,(H,18,19)/p-1. The summed E-state index contributed by atoms with van der Waals surface area (Å²) in [5, 5.41) is 10.9. The molecule has 20 heavy (non-hydrogen) atoms. The van der Waals surface area contributed by atoms with E-state index in [0.29, 0.717) is 12.0 Å². The molecule has 6 heteroatoms. The fraction of sp³-hybridized carbons (Fsp3) is 0.214. The third-order valence-electron chi connectivity index (χ3n) is 2.85. The summed E-state index contributed by atoms with van der Waals surface area (Å²) >= 11 is 0. The Labute approximate surface area is 112 Å². The molecular weight excluding hydrogens is 273 g/mol. The van der Waals surface area contributed by atoms with Gasteiger partial charge in [0.1, 0.15) is 11.5 Å². The van der Waals surface area contributed by atoms with Crippen LogP contribution in [0.3, 0.4) is 0 Å². The number of carboxylic acids is 1. The number of aromatic carboxylic acids is 1. The van der Waals surface area contributed by atoms with Gasteiger partial charge in [-0.15, -0.1) is 0 Å². The number of halogens is 3. The minimum Gasteiger partial charge on any atom is -0.545 e. The molecule has 0 aliphatic rings. The van der Waals surface area contributed by atoms with Gasteiger partial charge in [0.15, 0.2) is 0 Å². The van der Waals surface area contributed by atoms with Crippen molar-refractivity contribution >= 4 is 5.97 Å². The monoisotopic (exact) mass is 283 g/mol. The Morgan fingerprint density at radius 1 is 1.25 bits per heavy atom. The van der Waals surface area contributed by atoms with Gasteiger partial charge in [0.05, 0.1) is 11.5 Å². The Balaban J connectivity index is 2.39. The van der Waals surface area contributed by atoms with Crippen molar-refractivity contribution in [3.63, 3.8) is 0 Å². The highest BCUT2D eigenvalue weighted by atomic mass is 19.4. The van der Waals surface area contributed by atoms with E-state index in [1.54, 1.807) is 6.92 Å². The quantitative estimate of drug-likeness (QED) is 0.870. The smallest absolute Gasteiger partial charge is 0.416 e. The van der Waals surface area contributed by atoms with Crippen LogP contribution in [0.25, 0.3) is 11.3 Å². The second-order valence-corrected chi connectivity index (χ2v) is 4.16. The predicted octanol–water partition coefficient (Wildman–Crippen LogP) is 2.89. The van der Waals surface area contributed by atoms with Crippen molar-refractivity contribution < 1.29 is 27.5 Å². The molecule has 2 aromatic rings. The van der Waals surface area contributed by atoms with E-state index in [2.05, 4.69) is 0 Å². The van der Waals surface area contributed by atoms with Crippen molar-refractivity contribution in [2.75, 3.05) is 0 Å². The van der Waals surface area contributed by atoms with Crippen LogP contribution in [0.4, 0.5) is 13.2 Å². The molecule has 3 nitrogen and oxygen atoms in total. The fourth-order valence-electron chi connectivity index (χ4n) is 1.83. The van der Waals surface area contributed by atoms with Crippen molar-refractivity contribution in [1.29, 1.82) is 0 Å². The highest BCUT2D eigenvalue weighted by Gasteiger charge is 2.30. The van der Waals surface area contributed by atoms with Crippen molar-refractivity contribution in [3.8, 4) is 11.3 Å². The molecular formula is C14H10F3O3-. The second-order valence-electron chi connectivity index (χ2n) is 4.16.